The van der Waals surface area contributed by atoms with Gasteiger partial charge in [0.05, 0.1) is 6.04 Å². The zero-order valence-electron chi connectivity index (χ0n) is 15.0. The number of hydrogen-bond acceptors (Lipinski definition) is 1. The van der Waals surface area contributed by atoms with Crippen LogP contribution in [0.5, 0.6) is 0 Å². The second kappa shape index (κ2) is 6.79. The topological polar surface area (TPSA) is 27.8 Å². The van der Waals surface area contributed by atoms with Gasteiger partial charge in [-0.05, 0) is 41.8 Å². The van der Waals surface area contributed by atoms with Crippen LogP contribution in [-0.2, 0) is 6.42 Å². The molecule has 2 heteroatoms. The van der Waals surface area contributed by atoms with Gasteiger partial charge in [0.2, 0.25) is 0 Å². The zero-order valence-corrected chi connectivity index (χ0v) is 15.0. The summed E-state index contributed by atoms with van der Waals surface area (Å²) in [6.07, 6.45) is 1.05. The number of hydrogen-bond donors (Lipinski definition) is 2. The van der Waals surface area contributed by atoms with E-state index >= 15 is 0 Å². The predicted molar refractivity (Wildman–Crippen MR) is 111 cm³/mol. The van der Waals surface area contributed by atoms with Gasteiger partial charge in [0.25, 0.3) is 0 Å². The van der Waals surface area contributed by atoms with Gasteiger partial charge >= 0.3 is 0 Å². The molecule has 0 bridgehead atoms. The highest BCUT2D eigenvalue weighted by Gasteiger charge is 2.26. The van der Waals surface area contributed by atoms with Gasteiger partial charge in [0, 0.05) is 34.3 Å². The standard InChI is InChI=1S/C25H20N2/c1-2-8-18(9-3-1)14-15-19-10-4-5-11-20(19)24-25-22(16-17-26-24)21-12-6-7-13-23(21)27-25/h1-13,24,26-27H,16-17H2. The number of para-hydroxylation sites is 1. The fourth-order valence-electron chi connectivity index (χ4n) is 3.97. The molecule has 1 aliphatic rings. The molecule has 1 atom stereocenters. The lowest BCUT2D eigenvalue weighted by Crippen LogP contribution is -2.30. The minimum Gasteiger partial charge on any atom is -0.357 e. The molecule has 0 radical (unpaired) electrons. The Hall–Kier alpha value is -3.28. The molecule has 4 aromatic rings. The Morgan fingerprint density at radius 1 is 0.778 bits per heavy atom. The van der Waals surface area contributed by atoms with Crippen LogP contribution in [0.4, 0.5) is 0 Å². The molecule has 0 aliphatic carbocycles. The lowest BCUT2D eigenvalue weighted by Gasteiger charge is -2.25. The lowest BCUT2D eigenvalue weighted by atomic mass is 9.91. The van der Waals surface area contributed by atoms with E-state index in [-0.39, 0.29) is 6.04 Å². The van der Waals surface area contributed by atoms with Crippen molar-refractivity contribution in [2.75, 3.05) is 6.54 Å². The quantitative estimate of drug-likeness (QED) is 0.475. The van der Waals surface area contributed by atoms with E-state index in [4.69, 9.17) is 0 Å². The van der Waals surface area contributed by atoms with E-state index in [1.165, 1.54) is 27.7 Å². The summed E-state index contributed by atoms with van der Waals surface area (Å²) in [6, 6.07) is 27.3. The van der Waals surface area contributed by atoms with E-state index in [0.29, 0.717) is 0 Å². The van der Waals surface area contributed by atoms with Crippen molar-refractivity contribution in [3.63, 3.8) is 0 Å². The molecule has 1 unspecified atom stereocenters. The van der Waals surface area contributed by atoms with Crippen molar-refractivity contribution in [3.05, 3.63) is 107 Å². The van der Waals surface area contributed by atoms with Crippen molar-refractivity contribution in [3.8, 4) is 11.8 Å². The van der Waals surface area contributed by atoms with Crippen LogP contribution in [0.25, 0.3) is 10.9 Å². The van der Waals surface area contributed by atoms with Crippen molar-refractivity contribution >= 4 is 10.9 Å². The fraction of sp³-hybridized carbons (Fsp3) is 0.120. The maximum absolute atomic E-state index is 3.69. The average Bonchev–Trinajstić information content (AvgIpc) is 3.12. The van der Waals surface area contributed by atoms with Gasteiger partial charge in [-0.25, -0.2) is 0 Å². The van der Waals surface area contributed by atoms with E-state index in [1.54, 1.807) is 0 Å². The first-order chi connectivity index (χ1) is 13.4. The van der Waals surface area contributed by atoms with Crippen molar-refractivity contribution < 1.29 is 0 Å². The van der Waals surface area contributed by atoms with Crippen LogP contribution in [-0.4, -0.2) is 11.5 Å². The number of benzene rings is 3. The maximum atomic E-state index is 3.69. The molecule has 2 N–H and O–H groups in total. The Labute approximate surface area is 159 Å². The van der Waals surface area contributed by atoms with Crippen LogP contribution in [0.2, 0.25) is 0 Å². The number of fused-ring (bicyclic) bond motifs is 3. The van der Waals surface area contributed by atoms with E-state index in [1.807, 2.05) is 30.3 Å². The minimum atomic E-state index is 0.141. The van der Waals surface area contributed by atoms with Crippen LogP contribution < -0.4 is 5.32 Å². The van der Waals surface area contributed by atoms with Crippen molar-refractivity contribution in [2.24, 2.45) is 0 Å². The lowest BCUT2D eigenvalue weighted by molar-refractivity contribution is 0.559. The van der Waals surface area contributed by atoms with Crippen molar-refractivity contribution in [1.29, 1.82) is 0 Å². The molecular weight excluding hydrogens is 328 g/mol. The molecule has 3 aromatic carbocycles. The molecule has 0 saturated heterocycles. The fourth-order valence-corrected chi connectivity index (χ4v) is 3.97. The SMILES string of the molecule is C(#Cc1ccccc1C1NCCc2c1[nH]c1ccccc21)c1ccccc1. The average molecular weight is 348 g/mol. The molecule has 2 nitrogen and oxygen atoms in total. The molecule has 0 saturated carbocycles. The number of nitrogens with one attached hydrogen (secondary N) is 2. The van der Waals surface area contributed by atoms with Crippen LogP contribution in [0, 0.1) is 11.8 Å². The summed E-state index contributed by atoms with van der Waals surface area (Å²) in [5.41, 5.74) is 7.26. The Bertz CT molecular complexity index is 1160. The van der Waals surface area contributed by atoms with E-state index in [0.717, 1.165) is 24.1 Å². The first-order valence-corrected chi connectivity index (χ1v) is 9.39. The minimum absolute atomic E-state index is 0.141. The highest BCUT2D eigenvalue weighted by atomic mass is 15.0. The summed E-state index contributed by atoms with van der Waals surface area (Å²) in [4.78, 5) is 3.65. The first kappa shape index (κ1) is 15.9. The highest BCUT2D eigenvalue weighted by Crippen LogP contribution is 2.34. The third-order valence-corrected chi connectivity index (χ3v) is 5.25. The molecule has 27 heavy (non-hydrogen) atoms. The molecule has 2 heterocycles. The predicted octanol–water partition coefficient (Wildman–Crippen LogP) is 4.80. The van der Waals surface area contributed by atoms with Gasteiger partial charge in [-0.15, -0.1) is 0 Å². The van der Waals surface area contributed by atoms with E-state index < -0.39 is 0 Å². The van der Waals surface area contributed by atoms with Crippen LogP contribution >= 0.6 is 0 Å². The second-order valence-electron chi connectivity index (χ2n) is 6.90. The summed E-state index contributed by atoms with van der Waals surface area (Å²) in [5.74, 6) is 6.69. The number of H-pyrrole nitrogens is 1. The molecule has 0 fully saturated rings. The third kappa shape index (κ3) is 2.93. The Morgan fingerprint density at radius 2 is 1.56 bits per heavy atom. The molecule has 1 aliphatic heterocycles. The Morgan fingerprint density at radius 3 is 2.48 bits per heavy atom. The Balaban J connectivity index is 1.60. The number of aromatic nitrogens is 1. The monoisotopic (exact) mass is 348 g/mol. The van der Waals surface area contributed by atoms with Gasteiger partial charge in [0.1, 0.15) is 0 Å². The maximum Gasteiger partial charge on any atom is 0.0744 e. The number of aromatic amines is 1. The summed E-state index contributed by atoms with van der Waals surface area (Å²) < 4.78 is 0. The largest absolute Gasteiger partial charge is 0.357 e. The van der Waals surface area contributed by atoms with Gasteiger partial charge in [-0.2, -0.15) is 0 Å². The Kier molecular flexibility index (Phi) is 4.01. The van der Waals surface area contributed by atoms with Crippen molar-refractivity contribution in [1.82, 2.24) is 10.3 Å². The van der Waals surface area contributed by atoms with Gasteiger partial charge in [-0.3, -0.25) is 0 Å². The van der Waals surface area contributed by atoms with Gasteiger partial charge in [0.15, 0.2) is 0 Å². The molecule has 130 valence electrons. The number of rotatable bonds is 1. The molecular formula is C25H20N2. The van der Waals surface area contributed by atoms with Gasteiger partial charge < -0.3 is 10.3 Å². The normalized spacial score (nSPS) is 15.8. The smallest absolute Gasteiger partial charge is 0.0744 e. The molecule has 0 amide bonds. The van der Waals surface area contributed by atoms with Gasteiger partial charge in [-0.1, -0.05) is 66.4 Å². The van der Waals surface area contributed by atoms with E-state index in [9.17, 15) is 0 Å². The third-order valence-electron chi connectivity index (χ3n) is 5.25. The molecule has 1 aromatic heterocycles. The van der Waals surface area contributed by atoms with Crippen LogP contribution in [0.15, 0.2) is 78.9 Å². The second-order valence-corrected chi connectivity index (χ2v) is 6.90. The summed E-state index contributed by atoms with van der Waals surface area (Å²) in [5, 5.41) is 5.03. The van der Waals surface area contributed by atoms with Crippen molar-refractivity contribution in [2.45, 2.75) is 12.5 Å². The summed E-state index contributed by atoms with van der Waals surface area (Å²) in [6.45, 7) is 0.972. The van der Waals surface area contributed by atoms with Crippen LogP contribution in [0.3, 0.4) is 0 Å². The molecule has 5 rings (SSSR count). The van der Waals surface area contributed by atoms with Crippen LogP contribution in [0.1, 0.15) is 34.0 Å². The highest BCUT2D eigenvalue weighted by molar-refractivity contribution is 5.85. The first-order valence-electron chi connectivity index (χ1n) is 9.39. The zero-order chi connectivity index (χ0) is 18.1. The molecule has 0 spiro atoms. The summed E-state index contributed by atoms with van der Waals surface area (Å²) in [7, 11) is 0. The van der Waals surface area contributed by atoms with E-state index in [2.05, 4.69) is 70.7 Å². The summed E-state index contributed by atoms with van der Waals surface area (Å²) >= 11 is 0.